The number of hydrogen-bond donors (Lipinski definition) is 3. The summed E-state index contributed by atoms with van der Waals surface area (Å²) in [6, 6.07) is 6.98. The molecule has 0 bridgehead atoms. The van der Waals surface area contributed by atoms with Gasteiger partial charge in [-0.05, 0) is 43.3 Å². The van der Waals surface area contributed by atoms with Gasteiger partial charge in [0.1, 0.15) is 11.6 Å². The van der Waals surface area contributed by atoms with E-state index in [1.807, 2.05) is 0 Å². The van der Waals surface area contributed by atoms with Gasteiger partial charge in [-0.15, -0.1) is 0 Å². The van der Waals surface area contributed by atoms with Crippen molar-refractivity contribution in [3.8, 4) is 0 Å². The van der Waals surface area contributed by atoms with Crippen LogP contribution in [0.25, 0.3) is 11.1 Å². The Morgan fingerprint density at radius 2 is 1.87 bits per heavy atom. The molecule has 4 aromatic rings. The zero-order valence-corrected chi connectivity index (χ0v) is 15.3. The molecule has 7 nitrogen and oxygen atoms in total. The molecule has 2 aromatic heterocycles. The molecule has 0 spiro atoms. The normalized spacial score (nSPS) is 11.6. The number of aromatic amines is 1. The summed E-state index contributed by atoms with van der Waals surface area (Å²) in [6.07, 6.45) is -3.23. The molecular formula is C19H13F4N5O2. The number of hydrogen-bond acceptors (Lipinski definition) is 6. The number of aromatic nitrogens is 3. The van der Waals surface area contributed by atoms with Crippen molar-refractivity contribution >= 4 is 34.2 Å². The van der Waals surface area contributed by atoms with E-state index in [4.69, 9.17) is 4.42 Å². The van der Waals surface area contributed by atoms with Gasteiger partial charge in [-0.3, -0.25) is 4.98 Å². The third-order valence-corrected chi connectivity index (χ3v) is 4.13. The maximum atomic E-state index is 13.6. The first-order chi connectivity index (χ1) is 14.2. The average Bonchev–Trinajstić information content (AvgIpc) is 3.02. The third kappa shape index (κ3) is 4.09. The number of anilines is 4. The van der Waals surface area contributed by atoms with E-state index in [0.717, 1.165) is 12.1 Å². The Morgan fingerprint density at radius 1 is 1.07 bits per heavy atom. The van der Waals surface area contributed by atoms with Crippen molar-refractivity contribution in [2.45, 2.75) is 13.1 Å². The van der Waals surface area contributed by atoms with Crippen LogP contribution in [0.4, 0.5) is 40.7 Å². The highest BCUT2D eigenvalue weighted by atomic mass is 19.4. The lowest BCUT2D eigenvalue weighted by Crippen LogP contribution is -2.07. The predicted molar refractivity (Wildman–Crippen MR) is 102 cm³/mol. The van der Waals surface area contributed by atoms with Crippen molar-refractivity contribution < 1.29 is 22.0 Å². The van der Waals surface area contributed by atoms with Gasteiger partial charge in [0.05, 0.1) is 11.1 Å². The van der Waals surface area contributed by atoms with Crippen LogP contribution >= 0.6 is 0 Å². The monoisotopic (exact) mass is 419 g/mol. The van der Waals surface area contributed by atoms with E-state index in [-0.39, 0.29) is 11.6 Å². The summed E-state index contributed by atoms with van der Waals surface area (Å²) in [6.45, 7) is 1.73. The van der Waals surface area contributed by atoms with Gasteiger partial charge in [-0.2, -0.15) is 18.2 Å². The van der Waals surface area contributed by atoms with Crippen LogP contribution in [0.3, 0.4) is 0 Å². The van der Waals surface area contributed by atoms with Gasteiger partial charge in [0, 0.05) is 23.1 Å². The summed E-state index contributed by atoms with van der Waals surface area (Å²) < 4.78 is 57.2. The minimum atomic E-state index is -4.69. The second kappa shape index (κ2) is 7.17. The molecule has 0 aliphatic rings. The molecule has 0 saturated carbocycles. The number of oxazole rings is 1. The lowest BCUT2D eigenvalue weighted by atomic mass is 10.2. The molecule has 2 heterocycles. The molecular weight excluding hydrogens is 406 g/mol. The Balaban J connectivity index is 1.61. The Bertz CT molecular complexity index is 1300. The van der Waals surface area contributed by atoms with E-state index in [1.54, 1.807) is 25.1 Å². The molecule has 0 unspecified atom stereocenters. The van der Waals surface area contributed by atoms with Gasteiger partial charge in [-0.1, -0.05) is 0 Å². The van der Waals surface area contributed by atoms with Gasteiger partial charge < -0.3 is 15.1 Å². The zero-order chi connectivity index (χ0) is 21.5. The number of nitrogens with zero attached hydrogens (tertiary/aromatic N) is 2. The van der Waals surface area contributed by atoms with Crippen LogP contribution in [0.5, 0.6) is 0 Å². The molecule has 0 atom stereocenters. The number of halogens is 4. The summed E-state index contributed by atoms with van der Waals surface area (Å²) in [5.74, 6) is -1.29. The molecule has 30 heavy (non-hydrogen) atoms. The number of benzene rings is 2. The van der Waals surface area contributed by atoms with Crippen molar-refractivity contribution in [1.82, 2.24) is 15.0 Å². The van der Waals surface area contributed by atoms with Crippen LogP contribution in [-0.2, 0) is 6.18 Å². The Labute approximate surface area is 165 Å². The van der Waals surface area contributed by atoms with Crippen LogP contribution in [0, 0.1) is 12.7 Å². The summed E-state index contributed by atoms with van der Waals surface area (Å²) in [4.78, 5) is 22.1. The van der Waals surface area contributed by atoms with Gasteiger partial charge in [0.2, 0.25) is 5.95 Å². The largest absolute Gasteiger partial charge is 0.417 e. The fourth-order valence-electron chi connectivity index (χ4n) is 2.75. The van der Waals surface area contributed by atoms with Crippen LogP contribution in [0.15, 0.2) is 51.8 Å². The van der Waals surface area contributed by atoms with E-state index in [9.17, 15) is 22.4 Å². The third-order valence-electron chi connectivity index (χ3n) is 4.13. The fourth-order valence-corrected chi connectivity index (χ4v) is 2.75. The summed E-state index contributed by atoms with van der Waals surface area (Å²) >= 11 is 0. The lowest BCUT2D eigenvalue weighted by Gasteiger charge is -2.13. The first-order valence-corrected chi connectivity index (χ1v) is 8.56. The molecule has 0 aliphatic carbocycles. The minimum Gasteiger partial charge on any atom is -0.408 e. The zero-order valence-electron chi connectivity index (χ0n) is 15.3. The lowest BCUT2D eigenvalue weighted by molar-refractivity contribution is -0.137. The highest BCUT2D eigenvalue weighted by molar-refractivity contribution is 5.78. The molecule has 11 heteroatoms. The summed E-state index contributed by atoms with van der Waals surface area (Å²) in [5.41, 5.74) is 0.828. The van der Waals surface area contributed by atoms with Crippen LogP contribution in [-0.4, -0.2) is 15.0 Å². The van der Waals surface area contributed by atoms with E-state index in [1.165, 1.54) is 6.20 Å². The first kappa shape index (κ1) is 19.4. The molecule has 4 rings (SSSR count). The molecule has 0 fully saturated rings. The topological polar surface area (TPSA) is 95.8 Å². The highest BCUT2D eigenvalue weighted by Gasteiger charge is 2.31. The molecule has 0 radical (unpaired) electrons. The van der Waals surface area contributed by atoms with Crippen LogP contribution in [0.2, 0.25) is 0 Å². The van der Waals surface area contributed by atoms with Crippen LogP contribution < -0.4 is 16.4 Å². The second-order valence-corrected chi connectivity index (χ2v) is 6.43. The van der Waals surface area contributed by atoms with E-state index >= 15 is 0 Å². The average molecular weight is 419 g/mol. The van der Waals surface area contributed by atoms with Crippen molar-refractivity contribution in [3.63, 3.8) is 0 Å². The van der Waals surface area contributed by atoms with Gasteiger partial charge in [-0.25, -0.2) is 14.2 Å². The van der Waals surface area contributed by atoms with Gasteiger partial charge in [0.25, 0.3) is 0 Å². The number of alkyl halides is 3. The van der Waals surface area contributed by atoms with Crippen molar-refractivity contribution in [1.29, 1.82) is 0 Å². The first-order valence-electron chi connectivity index (χ1n) is 8.56. The SMILES string of the molecule is Cc1cnc(Nc2cc(F)cc(C(F)(F)F)c2)nc1Nc1ccc2oc(=O)[nH]c2c1. The van der Waals surface area contributed by atoms with Crippen LogP contribution in [0.1, 0.15) is 11.1 Å². The van der Waals surface area contributed by atoms with Gasteiger partial charge in [0.15, 0.2) is 5.58 Å². The predicted octanol–water partition coefficient (Wildman–Crippen LogP) is 4.86. The molecule has 154 valence electrons. The van der Waals surface area contributed by atoms with E-state index in [2.05, 4.69) is 25.6 Å². The minimum absolute atomic E-state index is 0.0281. The molecule has 3 N–H and O–H groups in total. The molecule has 0 saturated heterocycles. The number of H-pyrrole nitrogens is 1. The van der Waals surface area contributed by atoms with E-state index in [0.29, 0.717) is 34.2 Å². The number of fused-ring (bicyclic) bond motifs is 1. The highest BCUT2D eigenvalue weighted by Crippen LogP contribution is 2.32. The maximum Gasteiger partial charge on any atom is 0.417 e. The second-order valence-electron chi connectivity index (χ2n) is 6.43. The summed E-state index contributed by atoms with van der Waals surface area (Å²) in [7, 11) is 0. The van der Waals surface area contributed by atoms with Crippen molar-refractivity contribution in [3.05, 3.63) is 70.1 Å². The fraction of sp³-hybridized carbons (Fsp3) is 0.105. The van der Waals surface area contributed by atoms with Gasteiger partial charge >= 0.3 is 11.9 Å². The molecule has 0 amide bonds. The maximum absolute atomic E-state index is 13.6. The summed E-state index contributed by atoms with van der Waals surface area (Å²) in [5, 5.41) is 5.62. The van der Waals surface area contributed by atoms with Crippen molar-refractivity contribution in [2.24, 2.45) is 0 Å². The quantitative estimate of drug-likeness (QED) is 0.409. The smallest absolute Gasteiger partial charge is 0.408 e. The molecule has 2 aromatic carbocycles. The Kier molecular flexibility index (Phi) is 4.65. The standard InChI is InChI=1S/C19H13F4N5O2/c1-9-8-24-17(26-13-5-10(19(21,22)23)4-11(20)6-13)28-16(9)25-12-2-3-15-14(7-12)27-18(29)30-15/h2-8H,1H3,(H,27,29)(H2,24,25,26,28). The van der Waals surface area contributed by atoms with E-state index < -0.39 is 23.3 Å². The number of rotatable bonds is 4. The van der Waals surface area contributed by atoms with Crippen molar-refractivity contribution in [2.75, 3.05) is 10.6 Å². The Morgan fingerprint density at radius 3 is 2.63 bits per heavy atom. The number of nitrogens with one attached hydrogen (secondary N) is 3. The Hall–Kier alpha value is -3.89. The number of aryl methyl sites for hydroxylation is 1. The molecule has 0 aliphatic heterocycles.